The van der Waals surface area contributed by atoms with Crippen LogP contribution in [0.5, 0.6) is 0 Å². The van der Waals surface area contributed by atoms with E-state index in [1.54, 1.807) is 18.2 Å². The standard InChI is InChI=1S/C20H18ClF2N3O3/c1-29-12(10-27)9-24-20(28)18-8-17(13-7-11(21)5-6-15(13)25-18)26-16-4-2-3-14(22)19(16)23/h2-8,12,27H,9-10H2,1H3,(H,24,28)(H,25,26)/t12-/m1/s1. The molecule has 0 aliphatic carbocycles. The lowest BCUT2D eigenvalue weighted by Gasteiger charge is -2.15. The Morgan fingerprint density at radius 1 is 1.24 bits per heavy atom. The number of carbonyl (C=O) groups is 1. The van der Waals surface area contributed by atoms with Crippen molar-refractivity contribution in [3.05, 3.63) is 64.8 Å². The molecule has 1 heterocycles. The molecule has 152 valence electrons. The van der Waals surface area contributed by atoms with Gasteiger partial charge in [-0.25, -0.2) is 13.8 Å². The zero-order valence-corrected chi connectivity index (χ0v) is 16.1. The number of aromatic nitrogens is 1. The van der Waals surface area contributed by atoms with Crippen molar-refractivity contribution < 1.29 is 23.4 Å². The lowest BCUT2D eigenvalue weighted by atomic mass is 10.1. The molecular formula is C20H18ClF2N3O3. The first-order chi connectivity index (χ1) is 13.9. The highest BCUT2D eigenvalue weighted by Gasteiger charge is 2.16. The minimum Gasteiger partial charge on any atom is -0.394 e. The molecule has 6 nitrogen and oxygen atoms in total. The Kier molecular flexibility index (Phi) is 6.58. The third-order valence-corrected chi connectivity index (χ3v) is 4.49. The van der Waals surface area contributed by atoms with Gasteiger partial charge < -0.3 is 20.5 Å². The molecule has 0 aliphatic rings. The van der Waals surface area contributed by atoms with Crippen LogP contribution in [0.2, 0.25) is 5.02 Å². The fraction of sp³-hybridized carbons (Fsp3) is 0.200. The Labute approximate surface area is 170 Å². The fourth-order valence-electron chi connectivity index (χ4n) is 2.68. The van der Waals surface area contributed by atoms with Gasteiger partial charge in [0, 0.05) is 24.1 Å². The van der Waals surface area contributed by atoms with Crippen LogP contribution in [-0.4, -0.2) is 42.4 Å². The topological polar surface area (TPSA) is 83.5 Å². The number of aliphatic hydroxyl groups excluding tert-OH is 1. The number of fused-ring (bicyclic) bond motifs is 1. The normalized spacial score (nSPS) is 12.0. The summed E-state index contributed by atoms with van der Waals surface area (Å²) in [4.78, 5) is 16.8. The van der Waals surface area contributed by atoms with Gasteiger partial charge in [-0.2, -0.15) is 0 Å². The molecular weight excluding hydrogens is 404 g/mol. The van der Waals surface area contributed by atoms with Gasteiger partial charge in [0.25, 0.3) is 5.91 Å². The summed E-state index contributed by atoms with van der Waals surface area (Å²) in [5.41, 5.74) is 0.722. The second-order valence-corrected chi connectivity index (χ2v) is 6.63. The van der Waals surface area contributed by atoms with E-state index in [1.807, 2.05) is 0 Å². The van der Waals surface area contributed by atoms with E-state index in [9.17, 15) is 13.6 Å². The average Bonchev–Trinajstić information content (AvgIpc) is 2.72. The summed E-state index contributed by atoms with van der Waals surface area (Å²) in [6, 6.07) is 10.0. The van der Waals surface area contributed by atoms with Gasteiger partial charge in [0.2, 0.25) is 0 Å². The molecule has 0 saturated carbocycles. The summed E-state index contributed by atoms with van der Waals surface area (Å²) >= 11 is 6.06. The zero-order valence-electron chi connectivity index (χ0n) is 15.4. The van der Waals surface area contributed by atoms with Crippen molar-refractivity contribution in [1.82, 2.24) is 10.3 Å². The van der Waals surface area contributed by atoms with Crippen molar-refractivity contribution in [2.75, 3.05) is 25.6 Å². The molecule has 1 amide bonds. The van der Waals surface area contributed by atoms with Crippen LogP contribution in [0.4, 0.5) is 20.2 Å². The van der Waals surface area contributed by atoms with Crippen molar-refractivity contribution in [2.45, 2.75) is 6.10 Å². The number of anilines is 2. The van der Waals surface area contributed by atoms with Gasteiger partial charge in [0.1, 0.15) is 5.69 Å². The first-order valence-electron chi connectivity index (χ1n) is 8.66. The van der Waals surface area contributed by atoms with Crippen LogP contribution >= 0.6 is 11.6 Å². The van der Waals surface area contributed by atoms with Gasteiger partial charge in [0.05, 0.1) is 29.6 Å². The molecule has 3 N–H and O–H groups in total. The monoisotopic (exact) mass is 421 g/mol. The molecule has 3 aromatic rings. The van der Waals surface area contributed by atoms with Crippen molar-refractivity contribution in [3.8, 4) is 0 Å². The van der Waals surface area contributed by atoms with Gasteiger partial charge in [-0.1, -0.05) is 17.7 Å². The van der Waals surface area contributed by atoms with Gasteiger partial charge >= 0.3 is 0 Å². The number of pyridine rings is 1. The van der Waals surface area contributed by atoms with Gasteiger partial charge in [-0.05, 0) is 36.4 Å². The molecule has 2 aromatic carbocycles. The number of hydrogen-bond donors (Lipinski definition) is 3. The minimum atomic E-state index is -1.05. The third kappa shape index (κ3) is 4.79. The van der Waals surface area contributed by atoms with E-state index >= 15 is 0 Å². The number of nitrogens with zero attached hydrogens (tertiary/aromatic N) is 1. The average molecular weight is 422 g/mol. The van der Waals surface area contributed by atoms with E-state index in [0.717, 1.165) is 6.07 Å². The van der Waals surface area contributed by atoms with Crippen LogP contribution in [0.25, 0.3) is 10.9 Å². The second-order valence-electron chi connectivity index (χ2n) is 6.19. The quantitative estimate of drug-likeness (QED) is 0.542. The first-order valence-corrected chi connectivity index (χ1v) is 9.04. The van der Waals surface area contributed by atoms with E-state index in [0.29, 0.717) is 21.6 Å². The summed E-state index contributed by atoms with van der Waals surface area (Å²) in [7, 11) is 1.42. The summed E-state index contributed by atoms with van der Waals surface area (Å²) in [6.45, 7) is -0.181. The molecule has 9 heteroatoms. The number of hydrogen-bond acceptors (Lipinski definition) is 5. The highest BCUT2D eigenvalue weighted by atomic mass is 35.5. The third-order valence-electron chi connectivity index (χ3n) is 4.25. The molecule has 3 rings (SSSR count). The second kappa shape index (κ2) is 9.13. The maximum Gasteiger partial charge on any atom is 0.270 e. The van der Waals surface area contributed by atoms with Gasteiger partial charge in [-0.15, -0.1) is 0 Å². The molecule has 0 aliphatic heterocycles. The number of aliphatic hydroxyl groups is 1. The molecule has 1 aromatic heterocycles. The first kappa shape index (κ1) is 20.9. The SMILES string of the molecule is CO[C@@H](CO)CNC(=O)c1cc(Nc2cccc(F)c2F)c2cc(Cl)ccc2n1. The molecule has 0 saturated heterocycles. The largest absolute Gasteiger partial charge is 0.394 e. The van der Waals surface area contributed by atoms with Crippen LogP contribution in [0.1, 0.15) is 10.5 Å². The van der Waals surface area contributed by atoms with Crippen LogP contribution in [0.3, 0.4) is 0 Å². The van der Waals surface area contributed by atoms with Crippen molar-refractivity contribution in [1.29, 1.82) is 0 Å². The number of nitrogens with one attached hydrogen (secondary N) is 2. The molecule has 0 bridgehead atoms. The van der Waals surface area contributed by atoms with Gasteiger partial charge in [0.15, 0.2) is 11.6 Å². The summed E-state index contributed by atoms with van der Waals surface area (Å²) < 4.78 is 32.7. The van der Waals surface area contributed by atoms with Crippen LogP contribution in [0, 0.1) is 11.6 Å². The van der Waals surface area contributed by atoms with E-state index < -0.39 is 23.6 Å². The Morgan fingerprint density at radius 3 is 2.76 bits per heavy atom. The molecule has 0 radical (unpaired) electrons. The minimum absolute atomic E-state index is 0.0481. The summed E-state index contributed by atoms with van der Waals surface area (Å²) in [5, 5.41) is 15.5. The number of benzene rings is 2. The van der Waals surface area contributed by atoms with Crippen LogP contribution < -0.4 is 10.6 Å². The Morgan fingerprint density at radius 2 is 2.03 bits per heavy atom. The Bertz CT molecular complexity index is 1040. The number of ether oxygens (including phenoxy) is 1. The van der Waals surface area contributed by atoms with Crippen molar-refractivity contribution >= 4 is 39.8 Å². The molecule has 1 atom stereocenters. The van der Waals surface area contributed by atoms with Crippen molar-refractivity contribution in [3.63, 3.8) is 0 Å². The van der Waals surface area contributed by atoms with Crippen LogP contribution in [0.15, 0.2) is 42.5 Å². The van der Waals surface area contributed by atoms with E-state index in [4.69, 9.17) is 21.4 Å². The zero-order chi connectivity index (χ0) is 21.0. The maximum absolute atomic E-state index is 14.1. The Hall–Kier alpha value is -2.81. The number of methoxy groups -OCH3 is 1. The number of carbonyl (C=O) groups excluding carboxylic acids is 1. The van der Waals surface area contributed by atoms with E-state index in [-0.39, 0.29) is 24.5 Å². The smallest absolute Gasteiger partial charge is 0.270 e. The predicted molar refractivity (Wildman–Crippen MR) is 107 cm³/mol. The van der Waals surface area contributed by atoms with E-state index in [2.05, 4.69) is 15.6 Å². The highest BCUT2D eigenvalue weighted by molar-refractivity contribution is 6.31. The molecule has 29 heavy (non-hydrogen) atoms. The summed E-state index contributed by atoms with van der Waals surface area (Å²) in [6.07, 6.45) is -0.558. The van der Waals surface area contributed by atoms with Crippen molar-refractivity contribution in [2.24, 2.45) is 0 Å². The van der Waals surface area contributed by atoms with Gasteiger partial charge in [-0.3, -0.25) is 4.79 Å². The van der Waals surface area contributed by atoms with E-state index in [1.165, 1.54) is 25.3 Å². The molecule has 0 spiro atoms. The van der Waals surface area contributed by atoms with Crippen LogP contribution in [-0.2, 0) is 4.74 Å². The lowest BCUT2D eigenvalue weighted by Crippen LogP contribution is -2.35. The number of amides is 1. The molecule has 0 unspecified atom stereocenters. The fourth-order valence-corrected chi connectivity index (χ4v) is 2.85. The highest BCUT2D eigenvalue weighted by Crippen LogP contribution is 2.30. The number of halogens is 3. The Balaban J connectivity index is 1.99. The molecule has 0 fully saturated rings. The summed E-state index contributed by atoms with van der Waals surface area (Å²) in [5.74, 6) is -2.56. The maximum atomic E-state index is 14.1. The lowest BCUT2D eigenvalue weighted by molar-refractivity contribution is 0.0474. The predicted octanol–water partition coefficient (Wildman–Crippen LogP) is 3.65. The number of rotatable bonds is 7.